The summed E-state index contributed by atoms with van der Waals surface area (Å²) in [7, 11) is 1.60. The summed E-state index contributed by atoms with van der Waals surface area (Å²) < 4.78 is 41.9. The predicted octanol–water partition coefficient (Wildman–Crippen LogP) is 4.63. The molecule has 1 aromatic carbocycles. The molecule has 0 radical (unpaired) electrons. The zero-order valence-electron chi connectivity index (χ0n) is 16.5. The summed E-state index contributed by atoms with van der Waals surface area (Å²) in [6.45, 7) is 5.46. The van der Waals surface area contributed by atoms with Crippen LogP contribution in [0.3, 0.4) is 0 Å². The summed E-state index contributed by atoms with van der Waals surface area (Å²) in [5, 5.41) is 3.02. The molecule has 0 spiro atoms. The zero-order valence-corrected chi connectivity index (χ0v) is 18.1. The maximum absolute atomic E-state index is 12.7. The van der Waals surface area contributed by atoms with Crippen molar-refractivity contribution in [1.29, 1.82) is 0 Å². The van der Waals surface area contributed by atoms with Crippen LogP contribution in [0.2, 0.25) is 0 Å². The molecule has 0 saturated heterocycles. The van der Waals surface area contributed by atoms with Gasteiger partial charge in [0.15, 0.2) is 5.16 Å². The Hall–Kier alpha value is -2.53. The van der Waals surface area contributed by atoms with Gasteiger partial charge in [-0.05, 0) is 50.6 Å². The normalized spacial score (nSPS) is 12.8. The molecule has 2 aromatic heterocycles. The van der Waals surface area contributed by atoms with Gasteiger partial charge in [0.05, 0.1) is 10.6 Å². The van der Waals surface area contributed by atoms with Crippen LogP contribution < -0.4 is 15.6 Å². The number of hydrogen-bond donors (Lipinski definition) is 1. The number of aryl methyl sites for hydroxylation is 2. The molecule has 11 heteroatoms. The van der Waals surface area contributed by atoms with E-state index in [1.165, 1.54) is 28.0 Å². The van der Waals surface area contributed by atoms with Crippen molar-refractivity contribution in [3.63, 3.8) is 0 Å². The quantitative estimate of drug-likeness (QED) is 0.447. The molecule has 1 unspecified atom stereocenters. The van der Waals surface area contributed by atoms with E-state index in [0.717, 1.165) is 34.3 Å². The van der Waals surface area contributed by atoms with Crippen LogP contribution >= 0.6 is 23.1 Å². The molecule has 2 heterocycles. The van der Waals surface area contributed by atoms with Gasteiger partial charge in [0.2, 0.25) is 5.91 Å². The first-order valence-corrected chi connectivity index (χ1v) is 10.5. The number of nitrogens with zero attached hydrogens (tertiary/aromatic N) is 2. The van der Waals surface area contributed by atoms with Gasteiger partial charge in [0.25, 0.3) is 5.56 Å². The van der Waals surface area contributed by atoms with E-state index < -0.39 is 11.6 Å². The summed E-state index contributed by atoms with van der Waals surface area (Å²) in [5.41, 5.74) is 1.06. The van der Waals surface area contributed by atoms with Gasteiger partial charge in [0.1, 0.15) is 10.6 Å². The van der Waals surface area contributed by atoms with Crippen LogP contribution in [0.1, 0.15) is 17.4 Å². The molecule has 1 atom stereocenters. The van der Waals surface area contributed by atoms with Gasteiger partial charge >= 0.3 is 6.36 Å². The Morgan fingerprint density at radius 3 is 2.50 bits per heavy atom. The van der Waals surface area contributed by atoms with E-state index in [2.05, 4.69) is 15.0 Å². The Balaban J connectivity index is 1.73. The van der Waals surface area contributed by atoms with E-state index in [1.54, 1.807) is 14.0 Å². The van der Waals surface area contributed by atoms with Gasteiger partial charge in [-0.25, -0.2) is 4.98 Å². The van der Waals surface area contributed by atoms with Crippen molar-refractivity contribution in [3.05, 3.63) is 45.1 Å². The van der Waals surface area contributed by atoms with Crippen LogP contribution in [0.15, 0.2) is 34.2 Å². The van der Waals surface area contributed by atoms with Crippen LogP contribution in [-0.2, 0) is 11.8 Å². The standard InChI is InChI=1S/C19H18F3N3O3S2/c1-9-10(2)29-16-14(9)17(27)25(4)18(24-16)30-11(3)15(26)23-12-5-7-13(8-6-12)28-19(20,21)22/h5-8,11H,1-4H3,(H,23,26). The lowest BCUT2D eigenvalue weighted by Crippen LogP contribution is -2.25. The van der Waals surface area contributed by atoms with E-state index in [1.807, 2.05) is 13.8 Å². The number of benzene rings is 1. The number of thioether (sulfide) groups is 1. The van der Waals surface area contributed by atoms with E-state index in [-0.39, 0.29) is 17.2 Å². The van der Waals surface area contributed by atoms with Gasteiger partial charge in [-0.3, -0.25) is 14.2 Å². The minimum atomic E-state index is -4.78. The number of amides is 1. The van der Waals surface area contributed by atoms with Crippen LogP contribution in [-0.4, -0.2) is 27.1 Å². The Morgan fingerprint density at radius 2 is 1.90 bits per heavy atom. The number of thiophene rings is 1. The highest BCUT2D eigenvalue weighted by atomic mass is 32.2. The van der Waals surface area contributed by atoms with E-state index >= 15 is 0 Å². The van der Waals surface area contributed by atoms with Crippen LogP contribution in [0.4, 0.5) is 18.9 Å². The zero-order chi connectivity index (χ0) is 22.2. The van der Waals surface area contributed by atoms with Crippen molar-refractivity contribution in [2.24, 2.45) is 7.05 Å². The monoisotopic (exact) mass is 457 g/mol. The lowest BCUT2D eigenvalue weighted by Gasteiger charge is -2.14. The number of carbonyl (C=O) groups excluding carboxylic acids is 1. The molecule has 1 N–H and O–H groups in total. The summed E-state index contributed by atoms with van der Waals surface area (Å²) in [4.78, 5) is 31.3. The molecule has 0 fully saturated rings. The minimum Gasteiger partial charge on any atom is -0.406 e. The average molecular weight is 457 g/mol. The number of fused-ring (bicyclic) bond motifs is 1. The number of anilines is 1. The summed E-state index contributed by atoms with van der Waals surface area (Å²) in [5.74, 6) is -0.755. The van der Waals surface area contributed by atoms with Crippen LogP contribution in [0.25, 0.3) is 10.2 Å². The van der Waals surface area contributed by atoms with Gasteiger partial charge in [-0.2, -0.15) is 0 Å². The van der Waals surface area contributed by atoms with Crippen LogP contribution in [0.5, 0.6) is 5.75 Å². The fourth-order valence-electron chi connectivity index (χ4n) is 2.66. The molecule has 0 aliphatic carbocycles. The van der Waals surface area contributed by atoms with Crippen molar-refractivity contribution in [2.75, 3.05) is 5.32 Å². The second-order valence-corrected chi connectivity index (χ2v) is 9.05. The number of rotatable bonds is 5. The SMILES string of the molecule is Cc1sc2nc(SC(C)C(=O)Nc3ccc(OC(F)(F)F)cc3)n(C)c(=O)c2c1C. The number of nitrogens with one attached hydrogen (secondary N) is 1. The first-order chi connectivity index (χ1) is 14.0. The Morgan fingerprint density at radius 1 is 1.27 bits per heavy atom. The molecular formula is C19H18F3N3O3S2. The summed E-state index contributed by atoms with van der Waals surface area (Å²) in [6.07, 6.45) is -4.78. The van der Waals surface area contributed by atoms with E-state index in [4.69, 9.17) is 0 Å². The maximum atomic E-state index is 12.7. The number of halogens is 3. The van der Waals surface area contributed by atoms with Gasteiger partial charge in [0, 0.05) is 17.6 Å². The van der Waals surface area contributed by atoms with Crippen molar-refractivity contribution in [3.8, 4) is 5.75 Å². The van der Waals surface area contributed by atoms with Gasteiger partial charge < -0.3 is 10.1 Å². The molecule has 160 valence electrons. The first-order valence-electron chi connectivity index (χ1n) is 8.76. The smallest absolute Gasteiger partial charge is 0.406 e. The first kappa shape index (κ1) is 22.2. The maximum Gasteiger partial charge on any atom is 0.573 e. The average Bonchev–Trinajstić information content (AvgIpc) is 2.93. The Bertz CT molecular complexity index is 1150. The molecule has 0 saturated carbocycles. The van der Waals surface area contributed by atoms with Crippen molar-refractivity contribution in [1.82, 2.24) is 9.55 Å². The molecule has 30 heavy (non-hydrogen) atoms. The lowest BCUT2D eigenvalue weighted by molar-refractivity contribution is -0.274. The largest absolute Gasteiger partial charge is 0.573 e. The number of aromatic nitrogens is 2. The van der Waals surface area contributed by atoms with Gasteiger partial charge in [-0.1, -0.05) is 11.8 Å². The molecular weight excluding hydrogens is 439 g/mol. The lowest BCUT2D eigenvalue weighted by atomic mass is 10.2. The Labute approximate surface area is 178 Å². The summed E-state index contributed by atoms with van der Waals surface area (Å²) >= 11 is 2.55. The molecule has 0 aliphatic heterocycles. The summed E-state index contributed by atoms with van der Waals surface area (Å²) in [6, 6.07) is 4.85. The highest BCUT2D eigenvalue weighted by molar-refractivity contribution is 8.00. The minimum absolute atomic E-state index is 0.169. The van der Waals surface area contributed by atoms with E-state index in [9.17, 15) is 22.8 Å². The van der Waals surface area contributed by atoms with Crippen molar-refractivity contribution >= 4 is 44.9 Å². The van der Waals surface area contributed by atoms with Crippen molar-refractivity contribution in [2.45, 2.75) is 37.5 Å². The van der Waals surface area contributed by atoms with Crippen molar-refractivity contribution < 1.29 is 22.7 Å². The second-order valence-electron chi connectivity index (χ2n) is 6.54. The number of hydrogen-bond acceptors (Lipinski definition) is 6. The molecule has 0 bridgehead atoms. The second kappa shape index (κ2) is 8.31. The molecule has 6 nitrogen and oxygen atoms in total. The number of alkyl halides is 3. The topological polar surface area (TPSA) is 73.2 Å². The fraction of sp³-hybridized carbons (Fsp3) is 0.316. The number of carbonyl (C=O) groups is 1. The Kier molecular flexibility index (Phi) is 6.14. The molecule has 1 amide bonds. The third kappa shape index (κ3) is 4.78. The highest BCUT2D eigenvalue weighted by Crippen LogP contribution is 2.30. The predicted molar refractivity (Wildman–Crippen MR) is 111 cm³/mol. The molecule has 3 rings (SSSR count). The highest BCUT2D eigenvalue weighted by Gasteiger charge is 2.31. The van der Waals surface area contributed by atoms with E-state index in [0.29, 0.717) is 21.1 Å². The molecule has 3 aromatic rings. The molecule has 0 aliphatic rings. The number of ether oxygens (including phenoxy) is 1. The van der Waals surface area contributed by atoms with Crippen LogP contribution in [0, 0.1) is 13.8 Å². The van der Waals surface area contributed by atoms with Gasteiger partial charge in [-0.15, -0.1) is 24.5 Å². The third-order valence-corrected chi connectivity index (χ3v) is 6.62. The third-order valence-electron chi connectivity index (χ3n) is 4.38. The fourth-order valence-corrected chi connectivity index (χ4v) is 4.60.